The second-order valence-electron chi connectivity index (χ2n) is 10.5. The van der Waals surface area contributed by atoms with Crippen LogP contribution in [-0.4, -0.2) is 47.0 Å². The van der Waals surface area contributed by atoms with Gasteiger partial charge in [-0.05, 0) is 33.6 Å². The topological polar surface area (TPSA) is 72.3 Å². The number of fused-ring (bicyclic) bond motifs is 1. The molecule has 5 rings (SSSR count). The molecule has 2 aliphatic rings. The third kappa shape index (κ3) is 4.50. The summed E-state index contributed by atoms with van der Waals surface area (Å²) in [6, 6.07) is 3.03. The highest BCUT2D eigenvalue weighted by molar-refractivity contribution is 5.97. The number of anilines is 2. The van der Waals surface area contributed by atoms with Crippen molar-refractivity contribution in [3.8, 4) is 0 Å². The third-order valence-corrected chi connectivity index (χ3v) is 7.52. The highest BCUT2D eigenvalue weighted by Crippen LogP contribution is 2.44. The fourth-order valence-corrected chi connectivity index (χ4v) is 5.16. The van der Waals surface area contributed by atoms with Crippen LogP contribution in [0.4, 0.5) is 29.1 Å². The molecule has 3 heterocycles. The van der Waals surface area contributed by atoms with E-state index in [1.54, 1.807) is 20.0 Å². The van der Waals surface area contributed by atoms with E-state index in [4.69, 9.17) is 4.74 Å². The maximum Gasteiger partial charge on any atom is 0.277 e. The van der Waals surface area contributed by atoms with Crippen molar-refractivity contribution in [2.75, 3.05) is 36.6 Å². The molecule has 0 radical (unpaired) electrons. The summed E-state index contributed by atoms with van der Waals surface area (Å²) in [4.78, 5) is 24.9. The number of pyridine rings is 1. The molecule has 11 heteroatoms. The van der Waals surface area contributed by atoms with Gasteiger partial charge in [0, 0.05) is 31.3 Å². The number of nitrogens with zero attached hydrogens (tertiary/aromatic N) is 4. The summed E-state index contributed by atoms with van der Waals surface area (Å²) in [5.41, 5.74) is -1.16. The van der Waals surface area contributed by atoms with E-state index < -0.39 is 35.6 Å². The first-order chi connectivity index (χ1) is 18.0. The van der Waals surface area contributed by atoms with Gasteiger partial charge < -0.3 is 19.5 Å². The van der Waals surface area contributed by atoms with E-state index in [-0.39, 0.29) is 17.2 Å². The predicted molar refractivity (Wildman–Crippen MR) is 137 cm³/mol. The maximum absolute atomic E-state index is 15.1. The molecule has 7 nitrogen and oxygen atoms in total. The minimum atomic E-state index is -3.34. The summed E-state index contributed by atoms with van der Waals surface area (Å²) in [6.45, 7) is 6.54. The Bertz CT molecular complexity index is 1430. The molecule has 0 amide bonds. The van der Waals surface area contributed by atoms with Gasteiger partial charge in [-0.25, -0.2) is 27.5 Å². The summed E-state index contributed by atoms with van der Waals surface area (Å²) >= 11 is 0. The largest absolute Gasteiger partial charge is 0.377 e. The van der Waals surface area contributed by atoms with Gasteiger partial charge in [0.1, 0.15) is 35.3 Å². The molecule has 1 aromatic carbocycles. The monoisotopic (exact) mass is 533 g/mol. The van der Waals surface area contributed by atoms with E-state index in [1.165, 1.54) is 16.7 Å². The SMILES string of the molecule is Cc1nc(N[C@H](C)c2cccc(C(C)(F)F)c2F)c2cn(C3(CF)CC3)c(=O)c(N3CCOC[C@@H]3C)c2n1. The predicted octanol–water partition coefficient (Wildman–Crippen LogP) is 5.21. The van der Waals surface area contributed by atoms with E-state index >= 15 is 4.39 Å². The van der Waals surface area contributed by atoms with Gasteiger partial charge >= 0.3 is 0 Å². The van der Waals surface area contributed by atoms with Crippen LogP contribution in [0.2, 0.25) is 0 Å². The highest BCUT2D eigenvalue weighted by atomic mass is 19.3. The zero-order valence-corrected chi connectivity index (χ0v) is 21.8. The quantitative estimate of drug-likeness (QED) is 0.421. The summed E-state index contributed by atoms with van der Waals surface area (Å²) in [6.07, 6.45) is 2.63. The normalized spacial score (nSPS) is 20.0. The van der Waals surface area contributed by atoms with Crippen LogP contribution in [0, 0.1) is 12.7 Å². The summed E-state index contributed by atoms with van der Waals surface area (Å²) in [5, 5.41) is 3.62. The lowest BCUT2D eigenvalue weighted by atomic mass is 10.0. The van der Waals surface area contributed by atoms with Crippen LogP contribution in [0.1, 0.15) is 56.6 Å². The molecule has 1 saturated carbocycles. The number of hydrogen-bond donors (Lipinski definition) is 1. The molecule has 1 saturated heterocycles. The number of halogens is 4. The molecule has 38 heavy (non-hydrogen) atoms. The molecule has 0 unspecified atom stereocenters. The van der Waals surface area contributed by atoms with Crippen LogP contribution >= 0.6 is 0 Å². The minimum absolute atomic E-state index is 0.0474. The molecular weight excluding hydrogens is 502 g/mol. The van der Waals surface area contributed by atoms with Gasteiger partial charge in [-0.1, -0.05) is 18.2 Å². The minimum Gasteiger partial charge on any atom is -0.377 e. The van der Waals surface area contributed by atoms with Gasteiger partial charge in [0.05, 0.1) is 35.7 Å². The number of hydrogen-bond acceptors (Lipinski definition) is 6. The fourth-order valence-electron chi connectivity index (χ4n) is 5.16. The summed E-state index contributed by atoms with van der Waals surface area (Å²) < 4.78 is 64.3. The number of aromatic nitrogens is 3. The molecule has 3 aromatic rings. The number of rotatable bonds is 7. The molecule has 0 bridgehead atoms. The van der Waals surface area contributed by atoms with Crippen molar-refractivity contribution in [3.05, 3.63) is 57.5 Å². The van der Waals surface area contributed by atoms with Crippen molar-refractivity contribution in [1.82, 2.24) is 14.5 Å². The highest BCUT2D eigenvalue weighted by Gasteiger charge is 2.46. The lowest BCUT2D eigenvalue weighted by molar-refractivity contribution is 0.0136. The van der Waals surface area contributed by atoms with E-state index in [2.05, 4.69) is 15.3 Å². The molecule has 1 aliphatic heterocycles. The Kier molecular flexibility index (Phi) is 6.61. The Balaban J connectivity index is 1.68. The lowest BCUT2D eigenvalue weighted by Gasteiger charge is -2.35. The standard InChI is InChI=1S/C27H31F4N5O2/c1-15-13-38-11-10-35(15)23-22-19(12-36(25(23)37)27(14-28)8-9-27)24(34-17(3)33-22)32-16(2)18-6-5-7-20(21(18)29)26(4,30)31/h5-7,12,15-16H,8-11,13-14H2,1-4H3,(H,32,33,34)/t15-,16+/m0/s1. The summed E-state index contributed by atoms with van der Waals surface area (Å²) in [7, 11) is 0. The van der Waals surface area contributed by atoms with Crippen LogP contribution in [-0.2, 0) is 16.2 Å². The Morgan fingerprint density at radius 2 is 2.03 bits per heavy atom. The number of morpholine rings is 1. The number of nitrogens with one attached hydrogen (secondary N) is 1. The number of benzene rings is 1. The average Bonchev–Trinajstić information content (AvgIpc) is 3.65. The third-order valence-electron chi connectivity index (χ3n) is 7.52. The average molecular weight is 534 g/mol. The molecule has 2 fully saturated rings. The van der Waals surface area contributed by atoms with Crippen LogP contribution in [0.25, 0.3) is 10.9 Å². The first-order valence-electron chi connectivity index (χ1n) is 12.7. The van der Waals surface area contributed by atoms with Gasteiger partial charge in [0.2, 0.25) is 0 Å². The molecule has 2 aromatic heterocycles. The molecule has 1 N–H and O–H groups in total. The van der Waals surface area contributed by atoms with Gasteiger partial charge in [-0.3, -0.25) is 4.79 Å². The Labute approximate surface area is 217 Å². The van der Waals surface area contributed by atoms with Crippen molar-refractivity contribution in [2.24, 2.45) is 0 Å². The molecule has 1 aliphatic carbocycles. The smallest absolute Gasteiger partial charge is 0.277 e. The van der Waals surface area contributed by atoms with Gasteiger partial charge in [0.15, 0.2) is 0 Å². The summed E-state index contributed by atoms with van der Waals surface area (Å²) in [5.74, 6) is -3.67. The zero-order chi connectivity index (χ0) is 27.4. The number of alkyl halides is 3. The van der Waals surface area contributed by atoms with Gasteiger partial charge in [-0.15, -0.1) is 0 Å². The van der Waals surface area contributed by atoms with Crippen molar-refractivity contribution < 1.29 is 22.3 Å². The van der Waals surface area contributed by atoms with E-state index in [9.17, 15) is 18.0 Å². The van der Waals surface area contributed by atoms with Crippen LogP contribution < -0.4 is 15.8 Å². The van der Waals surface area contributed by atoms with Crippen molar-refractivity contribution in [2.45, 2.75) is 64.1 Å². The van der Waals surface area contributed by atoms with Crippen molar-refractivity contribution in [1.29, 1.82) is 0 Å². The van der Waals surface area contributed by atoms with E-state index in [1.807, 2.05) is 11.8 Å². The Morgan fingerprint density at radius 3 is 2.66 bits per heavy atom. The molecule has 0 spiro atoms. The first-order valence-corrected chi connectivity index (χ1v) is 12.7. The first kappa shape index (κ1) is 26.4. The van der Waals surface area contributed by atoms with E-state index in [0.717, 1.165) is 6.07 Å². The van der Waals surface area contributed by atoms with Gasteiger partial charge in [-0.2, -0.15) is 0 Å². The van der Waals surface area contributed by atoms with Crippen molar-refractivity contribution in [3.63, 3.8) is 0 Å². The second kappa shape index (κ2) is 9.52. The van der Waals surface area contributed by atoms with E-state index in [0.29, 0.717) is 67.8 Å². The van der Waals surface area contributed by atoms with Crippen LogP contribution in [0.3, 0.4) is 0 Å². The Morgan fingerprint density at radius 1 is 1.29 bits per heavy atom. The zero-order valence-electron chi connectivity index (χ0n) is 21.8. The second-order valence-corrected chi connectivity index (χ2v) is 10.5. The van der Waals surface area contributed by atoms with Crippen LogP contribution in [0.15, 0.2) is 29.2 Å². The molecular formula is C27H31F4N5O2. The van der Waals surface area contributed by atoms with Gasteiger partial charge in [0.25, 0.3) is 11.5 Å². The van der Waals surface area contributed by atoms with Crippen molar-refractivity contribution >= 4 is 22.4 Å². The maximum atomic E-state index is 15.1. The molecule has 2 atom stereocenters. The Hall–Kier alpha value is -3.21. The fraction of sp³-hybridized carbons (Fsp3) is 0.519. The molecule has 204 valence electrons. The lowest BCUT2D eigenvalue weighted by Crippen LogP contribution is -2.47. The van der Waals surface area contributed by atoms with Crippen LogP contribution in [0.5, 0.6) is 0 Å². The number of aryl methyl sites for hydroxylation is 1. The number of ether oxygens (including phenoxy) is 1.